The third-order valence-corrected chi connectivity index (χ3v) is 6.95. The fourth-order valence-corrected chi connectivity index (χ4v) is 4.56. The summed E-state index contributed by atoms with van der Waals surface area (Å²) >= 11 is 0. The quantitative estimate of drug-likeness (QED) is 0.0662. The minimum absolute atomic E-state index is 0.306. The van der Waals surface area contributed by atoms with Gasteiger partial charge >= 0.3 is 11.9 Å². The van der Waals surface area contributed by atoms with Gasteiger partial charge in [0.25, 0.3) is 0 Å². The molecule has 0 spiro atoms. The monoisotopic (exact) mass is 508 g/mol. The lowest BCUT2D eigenvalue weighted by molar-refractivity contribution is -0.142. The van der Waals surface area contributed by atoms with Crippen LogP contribution in [0.5, 0.6) is 0 Å². The lowest BCUT2D eigenvalue weighted by Crippen LogP contribution is -2.17. The summed E-state index contributed by atoms with van der Waals surface area (Å²) in [5.74, 6) is -0.628. The average molecular weight is 509 g/mol. The fraction of sp³-hybridized carbons (Fsp3) is 0.875. The molecule has 0 aliphatic heterocycles. The van der Waals surface area contributed by atoms with Crippen LogP contribution in [0.4, 0.5) is 0 Å². The molecule has 0 aromatic carbocycles. The van der Waals surface area contributed by atoms with E-state index in [4.69, 9.17) is 9.47 Å². The molecule has 0 saturated heterocycles. The lowest BCUT2D eigenvalue weighted by atomic mass is 9.98. The predicted molar refractivity (Wildman–Crippen MR) is 153 cm³/mol. The molecule has 4 nitrogen and oxygen atoms in total. The number of hydrogen-bond acceptors (Lipinski definition) is 4. The molecule has 0 aromatic rings. The standard InChI is InChI=1S/C32H60O4/c1-5-9-12-15-18-19-20-23-26-30(32(34)36-28-25-22-17-14-11-7-3)29(8-4)31(33)35-27-24-21-16-13-10-6-2/h5-28H2,1-4H3. The summed E-state index contributed by atoms with van der Waals surface area (Å²) in [5, 5.41) is 0. The number of unbranched alkanes of at least 4 members (excludes halogenated alkanes) is 17. The number of ether oxygens (including phenoxy) is 2. The van der Waals surface area contributed by atoms with E-state index in [9.17, 15) is 9.59 Å². The van der Waals surface area contributed by atoms with Gasteiger partial charge in [0.05, 0.1) is 13.2 Å². The summed E-state index contributed by atoms with van der Waals surface area (Å²) in [5.41, 5.74) is 1.08. The number of hydrogen-bond donors (Lipinski definition) is 0. The van der Waals surface area contributed by atoms with Crippen molar-refractivity contribution in [3.05, 3.63) is 11.1 Å². The number of carbonyl (C=O) groups excluding carboxylic acids is 2. The highest BCUT2D eigenvalue weighted by Gasteiger charge is 2.22. The van der Waals surface area contributed by atoms with Gasteiger partial charge in [0.1, 0.15) is 0 Å². The van der Waals surface area contributed by atoms with Crippen molar-refractivity contribution < 1.29 is 19.1 Å². The first-order valence-electron chi connectivity index (χ1n) is 15.7. The summed E-state index contributed by atoms with van der Waals surface area (Å²) in [4.78, 5) is 25.9. The van der Waals surface area contributed by atoms with Gasteiger partial charge in [-0.1, -0.05) is 137 Å². The molecule has 0 aliphatic rings. The molecule has 0 rings (SSSR count). The molecule has 0 bridgehead atoms. The Kier molecular flexibility index (Phi) is 25.8. The SMILES string of the molecule is CCCCCCCCCCC(C(=O)OCCCCCCCC)=C(CC)C(=O)OCCCCCCCC. The van der Waals surface area contributed by atoms with Crippen molar-refractivity contribution in [2.24, 2.45) is 0 Å². The Labute approximate surface area is 224 Å². The minimum atomic E-state index is -0.322. The zero-order chi connectivity index (χ0) is 26.7. The van der Waals surface area contributed by atoms with Crippen LogP contribution in [0, 0.1) is 0 Å². The van der Waals surface area contributed by atoms with E-state index in [1.54, 1.807) is 0 Å². The molecule has 36 heavy (non-hydrogen) atoms. The molecule has 0 atom stereocenters. The van der Waals surface area contributed by atoms with Crippen molar-refractivity contribution >= 4 is 11.9 Å². The summed E-state index contributed by atoms with van der Waals surface area (Å²) in [6.07, 6.45) is 24.6. The molecular formula is C32H60O4. The van der Waals surface area contributed by atoms with Crippen LogP contribution < -0.4 is 0 Å². The Morgan fingerprint density at radius 1 is 0.417 bits per heavy atom. The highest BCUT2D eigenvalue weighted by atomic mass is 16.5. The molecule has 0 radical (unpaired) electrons. The van der Waals surface area contributed by atoms with Gasteiger partial charge < -0.3 is 9.47 Å². The summed E-state index contributed by atoms with van der Waals surface area (Å²) in [6.45, 7) is 9.48. The van der Waals surface area contributed by atoms with Crippen molar-refractivity contribution in [2.45, 2.75) is 169 Å². The van der Waals surface area contributed by atoms with Crippen LogP contribution in [-0.4, -0.2) is 25.2 Å². The van der Waals surface area contributed by atoms with Gasteiger partial charge in [-0.3, -0.25) is 0 Å². The van der Waals surface area contributed by atoms with Gasteiger partial charge in [0.15, 0.2) is 0 Å². The summed E-state index contributed by atoms with van der Waals surface area (Å²) < 4.78 is 11.2. The molecule has 0 amide bonds. The van der Waals surface area contributed by atoms with E-state index >= 15 is 0 Å². The Bertz CT molecular complexity index is 552. The molecule has 0 fully saturated rings. The minimum Gasteiger partial charge on any atom is -0.462 e. The van der Waals surface area contributed by atoms with Crippen LogP contribution in [0.3, 0.4) is 0 Å². The molecule has 0 N–H and O–H groups in total. The topological polar surface area (TPSA) is 52.6 Å². The molecule has 0 heterocycles. The Hall–Kier alpha value is -1.32. The molecule has 0 aromatic heterocycles. The van der Waals surface area contributed by atoms with Crippen molar-refractivity contribution in [3.8, 4) is 0 Å². The van der Waals surface area contributed by atoms with E-state index in [0.717, 1.165) is 38.5 Å². The van der Waals surface area contributed by atoms with Crippen LogP contribution in [0.15, 0.2) is 11.1 Å². The molecule has 4 heteroatoms. The van der Waals surface area contributed by atoms with Crippen LogP contribution in [0.2, 0.25) is 0 Å². The second-order valence-electron chi connectivity index (χ2n) is 10.3. The number of carbonyl (C=O) groups is 2. The van der Waals surface area contributed by atoms with Gasteiger partial charge in [-0.2, -0.15) is 0 Å². The van der Waals surface area contributed by atoms with Gasteiger partial charge in [0, 0.05) is 11.1 Å². The number of esters is 2. The second-order valence-corrected chi connectivity index (χ2v) is 10.3. The third kappa shape index (κ3) is 19.8. The summed E-state index contributed by atoms with van der Waals surface area (Å²) in [7, 11) is 0. The summed E-state index contributed by atoms with van der Waals surface area (Å²) in [6, 6.07) is 0. The Morgan fingerprint density at radius 3 is 1.14 bits per heavy atom. The maximum absolute atomic E-state index is 13.0. The van der Waals surface area contributed by atoms with Gasteiger partial charge in [-0.25, -0.2) is 9.59 Å². The molecule has 0 unspecified atom stereocenters. The molecule has 0 saturated carbocycles. The molecule has 0 aliphatic carbocycles. The largest absolute Gasteiger partial charge is 0.462 e. The second kappa shape index (κ2) is 26.7. The first-order valence-corrected chi connectivity index (χ1v) is 15.7. The number of rotatable bonds is 26. The van der Waals surface area contributed by atoms with Gasteiger partial charge in [-0.05, 0) is 32.1 Å². The van der Waals surface area contributed by atoms with E-state index in [1.807, 2.05) is 6.92 Å². The van der Waals surface area contributed by atoms with Crippen LogP contribution in [-0.2, 0) is 19.1 Å². The predicted octanol–water partition coefficient (Wildman–Crippen LogP) is 10.0. The van der Waals surface area contributed by atoms with E-state index in [-0.39, 0.29) is 11.9 Å². The highest BCUT2D eigenvalue weighted by Crippen LogP contribution is 2.21. The van der Waals surface area contributed by atoms with Gasteiger partial charge in [0.2, 0.25) is 0 Å². The molecule has 212 valence electrons. The van der Waals surface area contributed by atoms with Gasteiger partial charge in [-0.15, -0.1) is 0 Å². The van der Waals surface area contributed by atoms with Crippen molar-refractivity contribution in [3.63, 3.8) is 0 Å². The van der Waals surface area contributed by atoms with Crippen LogP contribution >= 0.6 is 0 Å². The van der Waals surface area contributed by atoms with Crippen molar-refractivity contribution in [2.75, 3.05) is 13.2 Å². The maximum atomic E-state index is 13.0. The fourth-order valence-electron chi connectivity index (χ4n) is 4.56. The zero-order valence-corrected chi connectivity index (χ0v) is 24.6. The third-order valence-electron chi connectivity index (χ3n) is 6.95. The normalized spacial score (nSPS) is 11.9. The lowest BCUT2D eigenvalue weighted by Gasteiger charge is -2.14. The van der Waals surface area contributed by atoms with Crippen LogP contribution in [0.25, 0.3) is 0 Å². The van der Waals surface area contributed by atoms with E-state index < -0.39 is 0 Å². The first-order chi connectivity index (χ1) is 17.6. The average Bonchev–Trinajstić information content (AvgIpc) is 2.88. The zero-order valence-electron chi connectivity index (χ0n) is 24.6. The first kappa shape index (κ1) is 34.7. The highest BCUT2D eigenvalue weighted by molar-refractivity contribution is 6.00. The van der Waals surface area contributed by atoms with Crippen molar-refractivity contribution in [1.29, 1.82) is 0 Å². The molecular weight excluding hydrogens is 448 g/mol. The maximum Gasteiger partial charge on any atom is 0.334 e. The Morgan fingerprint density at radius 2 is 0.750 bits per heavy atom. The van der Waals surface area contributed by atoms with E-state index in [2.05, 4.69) is 20.8 Å². The van der Waals surface area contributed by atoms with E-state index in [1.165, 1.54) is 89.9 Å². The van der Waals surface area contributed by atoms with Crippen LogP contribution in [0.1, 0.15) is 169 Å². The smallest absolute Gasteiger partial charge is 0.334 e. The van der Waals surface area contributed by atoms with E-state index in [0.29, 0.717) is 37.2 Å². The Balaban J connectivity index is 4.78. The van der Waals surface area contributed by atoms with Crippen molar-refractivity contribution in [1.82, 2.24) is 0 Å².